The summed E-state index contributed by atoms with van der Waals surface area (Å²) in [6.07, 6.45) is 1.07. The Morgan fingerprint density at radius 3 is 2.52 bits per heavy atom. The molecule has 0 saturated carbocycles. The van der Waals surface area contributed by atoms with Crippen LogP contribution in [-0.2, 0) is 6.42 Å². The zero-order chi connectivity index (χ0) is 19.3. The van der Waals surface area contributed by atoms with Gasteiger partial charge >= 0.3 is 0 Å². The lowest BCUT2D eigenvalue weighted by atomic mass is 9.88. The van der Waals surface area contributed by atoms with Crippen LogP contribution >= 0.6 is 0 Å². The fourth-order valence-electron chi connectivity index (χ4n) is 4.69. The summed E-state index contributed by atoms with van der Waals surface area (Å²) in [5, 5.41) is 5.17. The Kier molecular flexibility index (Phi) is 4.51. The van der Waals surface area contributed by atoms with Gasteiger partial charge in [-0.15, -0.1) is 0 Å². The second-order valence-corrected chi connectivity index (χ2v) is 8.26. The molecule has 4 rings (SSSR count). The van der Waals surface area contributed by atoms with Gasteiger partial charge in [0.05, 0.1) is 13.2 Å². The van der Waals surface area contributed by atoms with Gasteiger partial charge in [0.2, 0.25) is 0 Å². The number of H-pyrrole nitrogens is 1. The minimum atomic E-state index is 0.198. The highest BCUT2D eigenvalue weighted by Crippen LogP contribution is 2.39. The first-order valence-electron chi connectivity index (χ1n) is 9.94. The van der Waals surface area contributed by atoms with E-state index in [-0.39, 0.29) is 6.04 Å². The summed E-state index contributed by atoms with van der Waals surface area (Å²) in [4.78, 5) is 3.76. The van der Waals surface area contributed by atoms with E-state index in [0.717, 1.165) is 18.7 Å². The number of rotatable bonds is 3. The van der Waals surface area contributed by atoms with Crippen LogP contribution in [0.15, 0.2) is 24.3 Å². The number of hydrogen-bond donors (Lipinski definition) is 2. The summed E-state index contributed by atoms with van der Waals surface area (Å²) in [5.41, 5.74) is 10.6. The maximum Gasteiger partial charge on any atom is 0.122 e. The fraction of sp³-hybridized carbons (Fsp3) is 0.417. The highest BCUT2D eigenvalue weighted by Gasteiger charge is 2.28. The third-order valence-electron chi connectivity index (χ3n) is 5.94. The maximum absolute atomic E-state index is 5.65. The van der Waals surface area contributed by atoms with Crippen molar-refractivity contribution in [1.29, 1.82) is 0 Å². The van der Waals surface area contributed by atoms with Crippen LogP contribution < -0.4 is 10.1 Å². The van der Waals surface area contributed by atoms with Crippen LogP contribution in [0.3, 0.4) is 0 Å². The normalized spacial score (nSPS) is 16.8. The average molecular weight is 363 g/mol. The van der Waals surface area contributed by atoms with Crippen molar-refractivity contribution in [2.45, 2.75) is 53.0 Å². The van der Waals surface area contributed by atoms with E-state index in [1.165, 1.54) is 50.0 Å². The summed E-state index contributed by atoms with van der Waals surface area (Å²) in [6, 6.07) is 9.30. The van der Waals surface area contributed by atoms with Gasteiger partial charge in [0.1, 0.15) is 5.75 Å². The molecular formula is C24H30N2O. The highest BCUT2D eigenvalue weighted by atomic mass is 16.5. The van der Waals surface area contributed by atoms with Gasteiger partial charge in [0.15, 0.2) is 0 Å². The summed E-state index contributed by atoms with van der Waals surface area (Å²) >= 11 is 0. The van der Waals surface area contributed by atoms with Gasteiger partial charge in [-0.25, -0.2) is 0 Å². The molecule has 0 fully saturated rings. The lowest BCUT2D eigenvalue weighted by molar-refractivity contribution is 0.406. The van der Waals surface area contributed by atoms with Crippen LogP contribution in [0, 0.1) is 20.8 Å². The minimum Gasteiger partial charge on any atom is -0.496 e. The molecular weight excluding hydrogens is 332 g/mol. The van der Waals surface area contributed by atoms with Crippen LogP contribution in [0.5, 0.6) is 5.75 Å². The molecule has 0 bridgehead atoms. The van der Waals surface area contributed by atoms with Gasteiger partial charge in [-0.2, -0.15) is 0 Å². The van der Waals surface area contributed by atoms with Crippen LogP contribution in [0.25, 0.3) is 10.9 Å². The largest absolute Gasteiger partial charge is 0.496 e. The van der Waals surface area contributed by atoms with Gasteiger partial charge in [0.25, 0.3) is 0 Å². The number of aryl methyl sites for hydroxylation is 3. The van der Waals surface area contributed by atoms with Crippen molar-refractivity contribution >= 4 is 10.9 Å². The first-order valence-corrected chi connectivity index (χ1v) is 9.94. The number of ether oxygens (including phenoxy) is 1. The molecule has 142 valence electrons. The number of aromatic amines is 1. The van der Waals surface area contributed by atoms with Crippen molar-refractivity contribution in [3.05, 3.63) is 63.3 Å². The van der Waals surface area contributed by atoms with Gasteiger partial charge in [-0.3, -0.25) is 0 Å². The van der Waals surface area contributed by atoms with E-state index in [0.29, 0.717) is 5.92 Å². The zero-order valence-electron chi connectivity index (χ0n) is 17.3. The molecule has 2 aromatic carbocycles. The topological polar surface area (TPSA) is 37.0 Å². The molecule has 0 saturated heterocycles. The third kappa shape index (κ3) is 2.94. The molecule has 2 heterocycles. The number of fused-ring (bicyclic) bond motifs is 3. The zero-order valence-corrected chi connectivity index (χ0v) is 17.3. The fourth-order valence-corrected chi connectivity index (χ4v) is 4.69. The molecule has 3 aromatic rings. The molecule has 1 aliphatic heterocycles. The minimum absolute atomic E-state index is 0.198. The Hall–Kier alpha value is -2.26. The predicted octanol–water partition coefficient (Wildman–Crippen LogP) is 5.46. The van der Waals surface area contributed by atoms with Gasteiger partial charge in [-0.1, -0.05) is 19.9 Å². The van der Waals surface area contributed by atoms with E-state index in [2.05, 4.69) is 69.2 Å². The predicted molar refractivity (Wildman–Crippen MR) is 113 cm³/mol. The van der Waals surface area contributed by atoms with Crippen LogP contribution in [0.2, 0.25) is 0 Å². The molecule has 1 atom stereocenters. The molecule has 2 N–H and O–H groups in total. The van der Waals surface area contributed by atoms with Gasteiger partial charge < -0.3 is 15.0 Å². The highest BCUT2D eigenvalue weighted by molar-refractivity contribution is 5.89. The SMILES string of the molecule is COc1cc(C)c(C2NCCc3c2[nH]c2cc(C)cc(C)c32)cc1C(C)C. The van der Waals surface area contributed by atoms with Crippen molar-refractivity contribution in [1.82, 2.24) is 10.3 Å². The molecule has 0 amide bonds. The molecule has 1 unspecified atom stereocenters. The molecule has 0 spiro atoms. The van der Waals surface area contributed by atoms with E-state index in [4.69, 9.17) is 4.74 Å². The van der Waals surface area contributed by atoms with E-state index in [9.17, 15) is 0 Å². The summed E-state index contributed by atoms with van der Waals surface area (Å²) < 4.78 is 5.65. The second-order valence-electron chi connectivity index (χ2n) is 8.26. The van der Waals surface area contributed by atoms with E-state index < -0.39 is 0 Å². The van der Waals surface area contributed by atoms with Gasteiger partial charge in [0, 0.05) is 23.1 Å². The van der Waals surface area contributed by atoms with Crippen molar-refractivity contribution in [3.63, 3.8) is 0 Å². The Morgan fingerprint density at radius 2 is 1.81 bits per heavy atom. The van der Waals surface area contributed by atoms with Crippen molar-refractivity contribution < 1.29 is 4.74 Å². The smallest absolute Gasteiger partial charge is 0.122 e. The van der Waals surface area contributed by atoms with Crippen molar-refractivity contribution in [2.75, 3.05) is 13.7 Å². The Labute approximate surface area is 162 Å². The molecule has 0 aliphatic carbocycles. The number of hydrogen-bond acceptors (Lipinski definition) is 2. The maximum atomic E-state index is 5.65. The van der Waals surface area contributed by atoms with Crippen LogP contribution in [-0.4, -0.2) is 18.6 Å². The van der Waals surface area contributed by atoms with E-state index >= 15 is 0 Å². The summed E-state index contributed by atoms with van der Waals surface area (Å²) in [6.45, 7) is 12.1. The van der Waals surface area contributed by atoms with Crippen molar-refractivity contribution in [3.8, 4) is 5.75 Å². The molecule has 1 aliphatic rings. The third-order valence-corrected chi connectivity index (χ3v) is 5.94. The molecule has 27 heavy (non-hydrogen) atoms. The molecule has 3 nitrogen and oxygen atoms in total. The first-order chi connectivity index (χ1) is 12.9. The van der Waals surface area contributed by atoms with Gasteiger partial charge in [-0.05, 0) is 84.7 Å². The molecule has 3 heteroatoms. The quantitative estimate of drug-likeness (QED) is 0.649. The Morgan fingerprint density at radius 1 is 1.04 bits per heavy atom. The number of methoxy groups -OCH3 is 1. The lowest BCUT2D eigenvalue weighted by Crippen LogP contribution is -2.31. The standard InChI is InChI=1S/C24H30N2O/c1-13(2)18-12-19(15(4)11-21(18)27-6)23-24-17(7-8-25-23)22-16(5)9-14(3)10-20(22)26-24/h9-13,23,25-26H,7-8H2,1-6H3. The average Bonchev–Trinajstić information content (AvgIpc) is 2.99. The van der Waals surface area contributed by atoms with E-state index in [1.807, 2.05) is 0 Å². The van der Waals surface area contributed by atoms with Crippen LogP contribution in [0.1, 0.15) is 64.9 Å². The summed E-state index contributed by atoms with van der Waals surface area (Å²) in [5.74, 6) is 1.42. The lowest BCUT2D eigenvalue weighted by Gasteiger charge is -2.28. The molecule has 1 aromatic heterocycles. The first kappa shape index (κ1) is 18.1. The summed E-state index contributed by atoms with van der Waals surface area (Å²) in [7, 11) is 1.76. The second kappa shape index (κ2) is 6.72. The van der Waals surface area contributed by atoms with Crippen LogP contribution in [0.4, 0.5) is 0 Å². The monoisotopic (exact) mass is 362 g/mol. The van der Waals surface area contributed by atoms with E-state index in [1.54, 1.807) is 7.11 Å². The Balaban J connectivity index is 1.91. The number of benzene rings is 2. The van der Waals surface area contributed by atoms with Crippen molar-refractivity contribution in [2.24, 2.45) is 0 Å². The molecule has 0 radical (unpaired) electrons. The Bertz CT molecular complexity index is 1010. The number of aromatic nitrogens is 1. The number of nitrogens with one attached hydrogen (secondary N) is 2.